The van der Waals surface area contributed by atoms with Crippen molar-refractivity contribution in [2.45, 2.75) is 122 Å². The normalized spacial score (nSPS) is 13.0. The number of benzene rings is 4. The third kappa shape index (κ3) is 7.98. The summed E-state index contributed by atoms with van der Waals surface area (Å²) in [6.45, 7) is 6.71. The number of unbranched alkanes of at least 4 members (excludes halogenated alkanes) is 10. The minimum Gasteiger partial charge on any atom is -0.255 e. The van der Waals surface area contributed by atoms with Gasteiger partial charge in [-0.05, 0) is 64.1 Å². The maximum Gasteiger partial charge on any atom is 0.165 e. The van der Waals surface area contributed by atoms with Gasteiger partial charge in [-0.2, -0.15) is 0 Å². The molecule has 2 heterocycles. The molecule has 4 aromatic carbocycles. The van der Waals surface area contributed by atoms with Crippen LogP contribution in [0, 0.1) is 0 Å². The zero-order valence-electron chi connectivity index (χ0n) is 32.2. The van der Waals surface area contributed by atoms with Gasteiger partial charge in [0.25, 0.3) is 0 Å². The van der Waals surface area contributed by atoms with Gasteiger partial charge in [0.05, 0.1) is 5.69 Å². The van der Waals surface area contributed by atoms with Gasteiger partial charge in [-0.25, -0.2) is 15.0 Å². The molecular formula is C49H56N4. The van der Waals surface area contributed by atoms with Crippen molar-refractivity contribution < 1.29 is 0 Å². The first-order chi connectivity index (χ1) is 26.1. The number of pyridine rings is 1. The first-order valence-corrected chi connectivity index (χ1v) is 20.6. The van der Waals surface area contributed by atoms with Crippen molar-refractivity contribution in [3.63, 3.8) is 0 Å². The molecule has 0 saturated carbocycles. The van der Waals surface area contributed by atoms with Crippen molar-refractivity contribution >= 4 is 10.8 Å². The van der Waals surface area contributed by atoms with Gasteiger partial charge < -0.3 is 0 Å². The molecule has 0 fully saturated rings. The summed E-state index contributed by atoms with van der Waals surface area (Å²) in [7, 11) is 0. The molecule has 0 radical (unpaired) electrons. The van der Waals surface area contributed by atoms with Gasteiger partial charge in [0.1, 0.15) is 5.82 Å². The summed E-state index contributed by atoms with van der Waals surface area (Å²) >= 11 is 0. The summed E-state index contributed by atoms with van der Waals surface area (Å²) in [6.07, 6.45) is 21.0. The highest BCUT2D eigenvalue weighted by atomic mass is 15.0. The summed E-state index contributed by atoms with van der Waals surface area (Å²) in [5.74, 6) is 2.16. The monoisotopic (exact) mass is 700 g/mol. The number of rotatable bonds is 18. The van der Waals surface area contributed by atoms with E-state index in [1.165, 1.54) is 118 Å². The second kappa shape index (κ2) is 17.4. The molecule has 0 bridgehead atoms. The van der Waals surface area contributed by atoms with E-state index in [2.05, 4.69) is 118 Å². The van der Waals surface area contributed by atoms with Gasteiger partial charge >= 0.3 is 0 Å². The molecule has 0 unspecified atom stereocenters. The molecule has 1 aliphatic rings. The Labute approximate surface area is 317 Å². The minimum atomic E-state index is 0.0524. The summed E-state index contributed by atoms with van der Waals surface area (Å²) in [5.41, 5.74) is 10.0. The SMILES string of the molecule is CCCCCCCCC1(CCCCCCCC)c2ccccc2-c2ccc(-c3ccc(-c4nc(CC)nc(-c5cccc6ccccc56)n4)cn3)cc21. The highest BCUT2D eigenvalue weighted by Gasteiger charge is 2.42. The smallest absolute Gasteiger partial charge is 0.165 e. The zero-order valence-corrected chi connectivity index (χ0v) is 32.2. The Hall–Kier alpha value is -4.70. The first-order valence-electron chi connectivity index (χ1n) is 20.6. The van der Waals surface area contributed by atoms with E-state index in [0.717, 1.165) is 34.5 Å². The predicted octanol–water partition coefficient (Wildman–Crippen LogP) is 13.8. The van der Waals surface area contributed by atoms with Crippen LogP contribution in [0.2, 0.25) is 0 Å². The van der Waals surface area contributed by atoms with Gasteiger partial charge in [-0.1, -0.05) is 177 Å². The summed E-state index contributed by atoms with van der Waals surface area (Å²) in [5, 5.41) is 2.32. The molecule has 4 nitrogen and oxygen atoms in total. The summed E-state index contributed by atoms with van der Waals surface area (Å²) in [4.78, 5) is 19.8. The molecule has 0 aliphatic heterocycles. The van der Waals surface area contributed by atoms with E-state index in [1.807, 2.05) is 6.20 Å². The lowest BCUT2D eigenvalue weighted by molar-refractivity contribution is 0.398. The van der Waals surface area contributed by atoms with Crippen molar-refractivity contribution in [2.24, 2.45) is 0 Å². The van der Waals surface area contributed by atoms with E-state index in [9.17, 15) is 0 Å². The largest absolute Gasteiger partial charge is 0.255 e. The molecule has 4 heteroatoms. The van der Waals surface area contributed by atoms with Crippen LogP contribution in [0.15, 0.2) is 103 Å². The van der Waals surface area contributed by atoms with Crippen LogP contribution in [-0.4, -0.2) is 19.9 Å². The Morgan fingerprint density at radius 1 is 0.491 bits per heavy atom. The van der Waals surface area contributed by atoms with Crippen LogP contribution >= 0.6 is 0 Å². The van der Waals surface area contributed by atoms with Crippen molar-refractivity contribution in [1.29, 1.82) is 0 Å². The predicted molar refractivity (Wildman–Crippen MR) is 223 cm³/mol. The molecule has 6 aromatic rings. The lowest BCUT2D eigenvalue weighted by Crippen LogP contribution is -2.25. The summed E-state index contributed by atoms with van der Waals surface area (Å²) in [6, 6.07) is 35.4. The summed E-state index contributed by atoms with van der Waals surface area (Å²) < 4.78 is 0. The fourth-order valence-electron chi connectivity index (χ4n) is 8.64. The van der Waals surface area contributed by atoms with Crippen LogP contribution in [0.5, 0.6) is 0 Å². The van der Waals surface area contributed by atoms with Crippen molar-refractivity contribution in [2.75, 3.05) is 0 Å². The van der Waals surface area contributed by atoms with Gasteiger partial charge in [0, 0.05) is 34.7 Å². The van der Waals surface area contributed by atoms with Crippen LogP contribution in [0.25, 0.3) is 55.9 Å². The van der Waals surface area contributed by atoms with Gasteiger partial charge in [0.2, 0.25) is 0 Å². The van der Waals surface area contributed by atoms with Crippen LogP contribution in [0.3, 0.4) is 0 Å². The van der Waals surface area contributed by atoms with Crippen molar-refractivity contribution in [1.82, 2.24) is 19.9 Å². The fraction of sp³-hybridized carbons (Fsp3) is 0.388. The van der Waals surface area contributed by atoms with Gasteiger partial charge in [0.15, 0.2) is 11.6 Å². The quantitative estimate of drug-likeness (QED) is 0.0838. The third-order valence-electron chi connectivity index (χ3n) is 11.5. The van der Waals surface area contributed by atoms with Crippen LogP contribution in [-0.2, 0) is 11.8 Å². The number of nitrogens with zero attached hydrogens (tertiary/aromatic N) is 4. The zero-order chi connectivity index (χ0) is 36.5. The second-order valence-corrected chi connectivity index (χ2v) is 15.1. The fourth-order valence-corrected chi connectivity index (χ4v) is 8.64. The Morgan fingerprint density at radius 2 is 1.11 bits per heavy atom. The van der Waals surface area contributed by atoms with Crippen LogP contribution < -0.4 is 0 Å². The standard InChI is InChI=1S/C49H56N4/c1-4-7-9-11-13-19-32-49(33-20-14-12-10-8-5-2)43-27-18-17-25-40(43)41-30-28-37(34-44(41)49)45-31-29-38(35-50-45)47-51-46(6-3)52-48(53-47)42-26-21-23-36-22-15-16-24-39(36)42/h15-18,21-31,34-35H,4-14,19-20,32-33H2,1-3H3. The van der Waals surface area contributed by atoms with E-state index in [0.29, 0.717) is 11.6 Å². The molecule has 7 rings (SSSR count). The molecule has 0 amide bonds. The van der Waals surface area contributed by atoms with E-state index < -0.39 is 0 Å². The molecule has 0 N–H and O–H groups in total. The number of aryl methyl sites for hydroxylation is 1. The number of hydrogen-bond donors (Lipinski definition) is 0. The number of hydrogen-bond acceptors (Lipinski definition) is 4. The third-order valence-corrected chi connectivity index (χ3v) is 11.5. The van der Waals surface area contributed by atoms with Gasteiger partial charge in [-0.3, -0.25) is 4.98 Å². The minimum absolute atomic E-state index is 0.0524. The maximum atomic E-state index is 5.06. The highest BCUT2D eigenvalue weighted by molar-refractivity contribution is 5.95. The Kier molecular flexibility index (Phi) is 12.0. The Morgan fingerprint density at radius 3 is 1.85 bits per heavy atom. The van der Waals surface area contributed by atoms with Gasteiger partial charge in [-0.15, -0.1) is 0 Å². The molecule has 0 spiro atoms. The van der Waals surface area contributed by atoms with Crippen LogP contribution in [0.1, 0.15) is 128 Å². The average Bonchev–Trinajstić information content (AvgIpc) is 3.48. The van der Waals surface area contributed by atoms with Crippen molar-refractivity contribution in [3.8, 4) is 45.2 Å². The van der Waals surface area contributed by atoms with Crippen molar-refractivity contribution in [3.05, 3.63) is 120 Å². The molecule has 2 aromatic heterocycles. The second-order valence-electron chi connectivity index (χ2n) is 15.1. The van der Waals surface area contributed by atoms with E-state index >= 15 is 0 Å². The molecule has 0 atom stereocenters. The number of aromatic nitrogens is 4. The molecule has 53 heavy (non-hydrogen) atoms. The number of fused-ring (bicyclic) bond motifs is 4. The molecule has 272 valence electrons. The van der Waals surface area contributed by atoms with E-state index in [-0.39, 0.29) is 5.41 Å². The Balaban J connectivity index is 1.20. The molecule has 1 aliphatic carbocycles. The van der Waals surface area contributed by atoms with E-state index in [1.54, 1.807) is 5.56 Å². The lowest BCUT2D eigenvalue weighted by Gasteiger charge is -2.33. The van der Waals surface area contributed by atoms with Crippen LogP contribution in [0.4, 0.5) is 0 Å². The lowest BCUT2D eigenvalue weighted by atomic mass is 9.70. The van der Waals surface area contributed by atoms with E-state index in [4.69, 9.17) is 19.9 Å². The first kappa shape index (κ1) is 36.6. The molecular weight excluding hydrogens is 645 g/mol. The topological polar surface area (TPSA) is 51.6 Å². The molecule has 0 saturated heterocycles. The maximum absolute atomic E-state index is 5.06. The highest BCUT2D eigenvalue weighted by Crippen LogP contribution is 2.55. The Bertz CT molecular complexity index is 2090. The average molecular weight is 701 g/mol.